The van der Waals surface area contributed by atoms with Gasteiger partial charge in [-0.15, -0.1) is 0 Å². The SMILES string of the molecule is NC(=O)CCCCC(=O)[O-]. The Hall–Kier alpha value is -1.06. The Balaban J connectivity index is 3.06. The van der Waals surface area contributed by atoms with Crippen LogP contribution in [0, 0.1) is 0 Å². The summed E-state index contributed by atoms with van der Waals surface area (Å²) in [6, 6.07) is 0. The average molecular weight is 144 g/mol. The zero-order valence-corrected chi connectivity index (χ0v) is 5.63. The highest BCUT2D eigenvalue weighted by molar-refractivity contribution is 5.73. The number of carbonyl (C=O) groups excluding carboxylic acids is 2. The van der Waals surface area contributed by atoms with Crippen molar-refractivity contribution in [2.75, 3.05) is 0 Å². The fourth-order valence-electron chi connectivity index (χ4n) is 0.569. The lowest BCUT2D eigenvalue weighted by Crippen LogP contribution is -2.21. The number of amides is 1. The molecule has 4 heteroatoms. The highest BCUT2D eigenvalue weighted by Gasteiger charge is 1.93. The summed E-state index contributed by atoms with van der Waals surface area (Å²) in [4.78, 5) is 19.9. The third kappa shape index (κ3) is 6.94. The lowest BCUT2D eigenvalue weighted by molar-refractivity contribution is -0.305. The molecule has 0 aliphatic rings. The van der Waals surface area contributed by atoms with E-state index in [1.807, 2.05) is 0 Å². The normalized spacial score (nSPS) is 9.20. The minimum atomic E-state index is -1.08. The van der Waals surface area contributed by atoms with Gasteiger partial charge in [0.25, 0.3) is 0 Å². The third-order valence-corrected chi connectivity index (χ3v) is 1.05. The van der Waals surface area contributed by atoms with Gasteiger partial charge in [0.2, 0.25) is 5.91 Å². The van der Waals surface area contributed by atoms with E-state index in [4.69, 9.17) is 5.73 Å². The number of unbranched alkanes of at least 4 members (excludes halogenated alkanes) is 1. The molecule has 0 atom stereocenters. The van der Waals surface area contributed by atoms with E-state index in [0.717, 1.165) is 0 Å². The van der Waals surface area contributed by atoms with Crippen molar-refractivity contribution in [3.63, 3.8) is 0 Å². The number of aliphatic carboxylic acids is 1. The summed E-state index contributed by atoms with van der Waals surface area (Å²) in [5, 5.41) is 9.82. The molecular weight excluding hydrogens is 134 g/mol. The van der Waals surface area contributed by atoms with Crippen LogP contribution in [0.1, 0.15) is 25.7 Å². The summed E-state index contributed by atoms with van der Waals surface area (Å²) in [6.07, 6.45) is 1.26. The van der Waals surface area contributed by atoms with Gasteiger partial charge >= 0.3 is 0 Å². The summed E-state index contributed by atoms with van der Waals surface area (Å²) < 4.78 is 0. The van der Waals surface area contributed by atoms with Gasteiger partial charge in [0.1, 0.15) is 0 Å². The lowest BCUT2D eigenvalue weighted by Gasteiger charge is -1.98. The largest absolute Gasteiger partial charge is 0.550 e. The van der Waals surface area contributed by atoms with Crippen LogP contribution in [0.2, 0.25) is 0 Å². The zero-order valence-electron chi connectivity index (χ0n) is 5.63. The first-order chi connectivity index (χ1) is 4.63. The molecule has 0 aliphatic heterocycles. The molecule has 0 bridgehead atoms. The second kappa shape index (κ2) is 4.78. The van der Waals surface area contributed by atoms with Gasteiger partial charge in [-0.25, -0.2) is 0 Å². The Morgan fingerprint density at radius 1 is 1.20 bits per heavy atom. The van der Waals surface area contributed by atoms with Crippen LogP contribution < -0.4 is 10.8 Å². The lowest BCUT2D eigenvalue weighted by atomic mass is 10.2. The van der Waals surface area contributed by atoms with E-state index in [1.54, 1.807) is 0 Å². The van der Waals surface area contributed by atoms with Crippen LogP contribution in [0.4, 0.5) is 0 Å². The van der Waals surface area contributed by atoms with Gasteiger partial charge in [-0.1, -0.05) is 0 Å². The van der Waals surface area contributed by atoms with Crippen LogP contribution in [-0.2, 0) is 9.59 Å². The molecule has 0 aromatic carbocycles. The summed E-state index contributed by atoms with van der Waals surface area (Å²) in [7, 11) is 0. The zero-order chi connectivity index (χ0) is 7.98. The van der Waals surface area contributed by atoms with Crippen molar-refractivity contribution in [3.8, 4) is 0 Å². The molecule has 58 valence electrons. The molecule has 0 saturated carbocycles. The predicted octanol–water partition coefficient (Wildman–Crippen LogP) is -1.22. The molecule has 4 nitrogen and oxygen atoms in total. The van der Waals surface area contributed by atoms with E-state index < -0.39 is 11.9 Å². The van der Waals surface area contributed by atoms with Crippen LogP contribution in [0.5, 0.6) is 0 Å². The Kier molecular flexibility index (Phi) is 4.28. The number of hydrogen-bond donors (Lipinski definition) is 1. The van der Waals surface area contributed by atoms with Crippen LogP contribution >= 0.6 is 0 Å². The molecule has 0 radical (unpaired) electrons. The van der Waals surface area contributed by atoms with Gasteiger partial charge in [-0.3, -0.25) is 4.79 Å². The average Bonchev–Trinajstić information content (AvgIpc) is 1.79. The summed E-state index contributed by atoms with van der Waals surface area (Å²) in [5.41, 5.74) is 4.81. The van der Waals surface area contributed by atoms with E-state index in [-0.39, 0.29) is 12.8 Å². The quantitative estimate of drug-likeness (QED) is 0.491. The van der Waals surface area contributed by atoms with E-state index in [1.165, 1.54) is 0 Å². The third-order valence-electron chi connectivity index (χ3n) is 1.05. The van der Waals surface area contributed by atoms with Crippen LogP contribution in [0.15, 0.2) is 0 Å². The fraction of sp³-hybridized carbons (Fsp3) is 0.667. The molecule has 1 amide bonds. The summed E-state index contributed by atoms with van der Waals surface area (Å²) in [6.45, 7) is 0. The maximum atomic E-state index is 10.1. The molecule has 0 heterocycles. The first-order valence-corrected chi connectivity index (χ1v) is 3.11. The smallest absolute Gasteiger partial charge is 0.217 e. The van der Waals surface area contributed by atoms with Crippen molar-refractivity contribution in [2.45, 2.75) is 25.7 Å². The van der Waals surface area contributed by atoms with E-state index >= 15 is 0 Å². The molecule has 0 rings (SSSR count). The van der Waals surface area contributed by atoms with Crippen molar-refractivity contribution in [1.82, 2.24) is 0 Å². The minimum absolute atomic E-state index is 0.00722. The number of carboxylic acid groups (broad SMARTS) is 1. The molecule has 0 unspecified atom stereocenters. The molecule has 0 spiro atoms. The molecule has 10 heavy (non-hydrogen) atoms. The van der Waals surface area contributed by atoms with Crippen LogP contribution in [0.25, 0.3) is 0 Å². The Bertz CT molecular complexity index is 117. The van der Waals surface area contributed by atoms with Crippen molar-refractivity contribution in [3.05, 3.63) is 0 Å². The molecule has 0 aliphatic carbocycles. The van der Waals surface area contributed by atoms with Crippen molar-refractivity contribution in [2.24, 2.45) is 5.73 Å². The molecule has 2 N–H and O–H groups in total. The number of rotatable bonds is 5. The van der Waals surface area contributed by atoms with Gasteiger partial charge in [0, 0.05) is 12.4 Å². The van der Waals surface area contributed by atoms with Crippen LogP contribution in [0.3, 0.4) is 0 Å². The molecule has 0 saturated heterocycles. The topological polar surface area (TPSA) is 83.2 Å². The molecule has 0 aromatic heterocycles. The summed E-state index contributed by atoms with van der Waals surface area (Å²) in [5.74, 6) is -1.47. The van der Waals surface area contributed by atoms with Gasteiger partial charge in [-0.2, -0.15) is 0 Å². The number of hydrogen-bond acceptors (Lipinski definition) is 3. The first kappa shape index (κ1) is 8.94. The van der Waals surface area contributed by atoms with E-state index in [9.17, 15) is 14.7 Å². The number of nitrogens with two attached hydrogens (primary N) is 1. The highest BCUT2D eigenvalue weighted by Crippen LogP contribution is 1.97. The van der Waals surface area contributed by atoms with Crippen LogP contribution in [-0.4, -0.2) is 11.9 Å². The Morgan fingerprint density at radius 3 is 2.10 bits per heavy atom. The van der Waals surface area contributed by atoms with Gasteiger partial charge < -0.3 is 15.6 Å². The Morgan fingerprint density at radius 2 is 1.70 bits per heavy atom. The standard InChI is InChI=1S/C6H11NO3/c7-5(8)3-1-2-4-6(9)10/h1-4H2,(H2,7,8)(H,9,10)/p-1. The Labute approximate surface area is 59.0 Å². The summed E-state index contributed by atoms with van der Waals surface area (Å²) >= 11 is 0. The van der Waals surface area contributed by atoms with Gasteiger partial charge in [-0.05, 0) is 19.3 Å². The maximum Gasteiger partial charge on any atom is 0.217 e. The highest BCUT2D eigenvalue weighted by atomic mass is 16.4. The second-order valence-corrected chi connectivity index (χ2v) is 2.05. The number of carboxylic acids is 1. The fourth-order valence-corrected chi connectivity index (χ4v) is 0.569. The number of carbonyl (C=O) groups is 2. The van der Waals surface area contributed by atoms with Crippen molar-refractivity contribution >= 4 is 11.9 Å². The van der Waals surface area contributed by atoms with Gasteiger partial charge in [0.15, 0.2) is 0 Å². The molecule has 0 fully saturated rings. The van der Waals surface area contributed by atoms with E-state index in [0.29, 0.717) is 12.8 Å². The maximum absolute atomic E-state index is 10.1. The predicted molar refractivity (Wildman–Crippen MR) is 32.7 cm³/mol. The van der Waals surface area contributed by atoms with E-state index in [2.05, 4.69) is 0 Å². The molecule has 0 aromatic rings. The van der Waals surface area contributed by atoms with Gasteiger partial charge in [0.05, 0.1) is 0 Å². The number of primary amides is 1. The van der Waals surface area contributed by atoms with Crippen molar-refractivity contribution < 1.29 is 14.7 Å². The van der Waals surface area contributed by atoms with Crippen molar-refractivity contribution in [1.29, 1.82) is 0 Å². The minimum Gasteiger partial charge on any atom is -0.550 e. The first-order valence-electron chi connectivity index (χ1n) is 3.11. The second-order valence-electron chi connectivity index (χ2n) is 2.05. The monoisotopic (exact) mass is 144 g/mol. The molecular formula is C6H10NO3-.